The summed E-state index contributed by atoms with van der Waals surface area (Å²) in [5, 5.41) is 1.32. The monoisotopic (exact) mass is 351 g/mol. The molecule has 0 aliphatic carbocycles. The first-order valence-corrected chi connectivity index (χ1v) is 10.0. The van der Waals surface area contributed by atoms with Crippen molar-refractivity contribution >= 4 is 39.4 Å². The molecule has 0 N–H and O–H groups in total. The van der Waals surface area contributed by atoms with Gasteiger partial charge < -0.3 is 4.90 Å². The van der Waals surface area contributed by atoms with Crippen molar-refractivity contribution in [2.45, 2.75) is 33.7 Å². The number of thiazole rings is 1. The fraction of sp³-hybridized carbons (Fsp3) is 0.318. The molecule has 0 radical (unpaired) electrons. The Morgan fingerprint density at radius 3 is 2.32 bits per heavy atom. The van der Waals surface area contributed by atoms with Crippen LogP contribution in [-0.2, 0) is 6.54 Å². The third-order valence-electron chi connectivity index (χ3n) is 4.52. The Hall–Kier alpha value is -2.13. The number of fused-ring (bicyclic) bond motifs is 1. The third-order valence-corrected chi connectivity index (χ3v) is 5.65. The second kappa shape index (κ2) is 8.30. The minimum Gasteiger partial charge on any atom is -0.372 e. The highest BCUT2D eigenvalue weighted by molar-refractivity contribution is 7.18. The highest BCUT2D eigenvalue weighted by Crippen LogP contribution is 2.22. The van der Waals surface area contributed by atoms with E-state index in [1.165, 1.54) is 26.5 Å². The maximum absolute atomic E-state index is 2.43. The van der Waals surface area contributed by atoms with Gasteiger partial charge in [-0.05, 0) is 43.7 Å². The number of rotatable bonds is 7. The van der Waals surface area contributed by atoms with Crippen molar-refractivity contribution in [2.75, 3.05) is 18.0 Å². The summed E-state index contributed by atoms with van der Waals surface area (Å²) in [6.07, 6.45) is 5.63. The highest BCUT2D eigenvalue weighted by Gasteiger charge is 2.16. The van der Waals surface area contributed by atoms with Gasteiger partial charge in [-0.3, -0.25) is 0 Å². The molecular formula is C22H27N2S+. The topological polar surface area (TPSA) is 7.12 Å². The molecule has 0 fully saturated rings. The number of hydrogen-bond donors (Lipinski definition) is 0. The lowest BCUT2D eigenvalue weighted by molar-refractivity contribution is -0.668. The van der Waals surface area contributed by atoms with Gasteiger partial charge in [-0.2, -0.15) is 4.57 Å². The Kier molecular flexibility index (Phi) is 5.87. The Morgan fingerprint density at radius 1 is 0.920 bits per heavy atom. The van der Waals surface area contributed by atoms with Crippen LogP contribution < -0.4 is 9.47 Å². The standard InChI is InChI=1S/C22H27N2S/c1-4-17-24-20-9-7-8-10-21(20)25-22(24)16-13-18-11-14-19(15-12-18)23(5-2)6-3/h7-16H,4-6,17H2,1-3H3/q+1. The molecule has 3 rings (SSSR count). The van der Waals surface area contributed by atoms with Gasteiger partial charge in [-0.1, -0.05) is 42.5 Å². The Bertz CT molecular complexity index is 842. The molecule has 0 amide bonds. The molecule has 3 heteroatoms. The zero-order valence-corrected chi connectivity index (χ0v) is 16.2. The lowest BCUT2D eigenvalue weighted by Crippen LogP contribution is -2.34. The minimum absolute atomic E-state index is 1.05. The smallest absolute Gasteiger partial charge is 0.262 e. The van der Waals surface area contributed by atoms with Gasteiger partial charge in [0.15, 0.2) is 0 Å². The molecule has 0 saturated carbocycles. The van der Waals surface area contributed by atoms with Crippen LogP contribution in [0.2, 0.25) is 0 Å². The quantitative estimate of drug-likeness (QED) is 0.501. The Morgan fingerprint density at radius 2 is 1.64 bits per heavy atom. The molecule has 0 unspecified atom stereocenters. The van der Waals surface area contributed by atoms with E-state index in [0.29, 0.717) is 0 Å². The molecule has 0 bridgehead atoms. The second-order valence-electron chi connectivity index (χ2n) is 6.16. The van der Waals surface area contributed by atoms with Crippen LogP contribution in [0.15, 0.2) is 48.5 Å². The lowest BCUT2D eigenvalue weighted by Gasteiger charge is -2.20. The number of aryl methyl sites for hydroxylation is 1. The van der Waals surface area contributed by atoms with Crippen LogP contribution in [0.5, 0.6) is 0 Å². The summed E-state index contributed by atoms with van der Waals surface area (Å²) in [5.41, 5.74) is 3.88. The van der Waals surface area contributed by atoms with Crippen LogP contribution in [0.25, 0.3) is 22.4 Å². The van der Waals surface area contributed by atoms with E-state index in [1.54, 1.807) is 0 Å². The predicted molar refractivity (Wildman–Crippen MR) is 111 cm³/mol. The summed E-state index contributed by atoms with van der Waals surface area (Å²) in [6, 6.07) is 17.5. The van der Waals surface area contributed by atoms with Gasteiger partial charge in [0.1, 0.15) is 11.2 Å². The van der Waals surface area contributed by atoms with Crippen LogP contribution in [0.3, 0.4) is 0 Å². The minimum atomic E-state index is 1.05. The van der Waals surface area contributed by atoms with Crippen LogP contribution in [0.4, 0.5) is 5.69 Å². The predicted octanol–water partition coefficient (Wildman–Crippen LogP) is 5.62. The molecule has 1 aromatic heterocycles. The first-order chi connectivity index (χ1) is 12.3. The Labute approximate surface area is 155 Å². The maximum Gasteiger partial charge on any atom is 0.262 e. The third kappa shape index (κ3) is 3.93. The molecule has 0 spiro atoms. The summed E-state index contributed by atoms with van der Waals surface area (Å²) < 4.78 is 3.79. The van der Waals surface area contributed by atoms with E-state index in [4.69, 9.17) is 0 Å². The fourth-order valence-corrected chi connectivity index (χ4v) is 4.27. The van der Waals surface area contributed by atoms with Crippen molar-refractivity contribution in [3.8, 4) is 0 Å². The summed E-state index contributed by atoms with van der Waals surface area (Å²) >= 11 is 1.87. The van der Waals surface area contributed by atoms with Gasteiger partial charge in [0.2, 0.25) is 5.52 Å². The largest absolute Gasteiger partial charge is 0.372 e. The van der Waals surface area contributed by atoms with Crippen LogP contribution in [0, 0.1) is 0 Å². The van der Waals surface area contributed by atoms with Crippen molar-refractivity contribution in [1.29, 1.82) is 0 Å². The zero-order valence-electron chi connectivity index (χ0n) is 15.4. The van der Waals surface area contributed by atoms with E-state index in [0.717, 1.165) is 26.1 Å². The van der Waals surface area contributed by atoms with E-state index in [9.17, 15) is 0 Å². The number of para-hydroxylation sites is 1. The number of hydrogen-bond acceptors (Lipinski definition) is 2. The van der Waals surface area contributed by atoms with Crippen molar-refractivity contribution in [1.82, 2.24) is 0 Å². The van der Waals surface area contributed by atoms with Crippen molar-refractivity contribution in [3.63, 3.8) is 0 Å². The lowest BCUT2D eigenvalue weighted by atomic mass is 10.2. The van der Waals surface area contributed by atoms with E-state index in [2.05, 4.69) is 90.9 Å². The second-order valence-corrected chi connectivity index (χ2v) is 7.22. The molecule has 130 valence electrons. The zero-order chi connectivity index (χ0) is 17.6. The molecule has 25 heavy (non-hydrogen) atoms. The van der Waals surface area contributed by atoms with Gasteiger partial charge >= 0.3 is 0 Å². The molecule has 2 nitrogen and oxygen atoms in total. The molecule has 0 saturated heterocycles. The number of nitrogens with zero attached hydrogens (tertiary/aromatic N) is 2. The molecular weight excluding hydrogens is 324 g/mol. The van der Waals surface area contributed by atoms with E-state index < -0.39 is 0 Å². The molecule has 2 aromatic carbocycles. The van der Waals surface area contributed by atoms with Gasteiger partial charge in [0.25, 0.3) is 5.01 Å². The molecule has 1 heterocycles. The van der Waals surface area contributed by atoms with Gasteiger partial charge in [-0.25, -0.2) is 0 Å². The number of aromatic nitrogens is 1. The van der Waals surface area contributed by atoms with Crippen LogP contribution in [0.1, 0.15) is 37.8 Å². The molecule has 0 aliphatic rings. The Balaban J connectivity index is 1.86. The SMILES string of the molecule is CCC[n+]1c(C=Cc2ccc(N(CC)CC)cc2)sc2ccccc21. The van der Waals surface area contributed by atoms with E-state index in [1.807, 2.05) is 11.3 Å². The van der Waals surface area contributed by atoms with Gasteiger partial charge in [0, 0.05) is 37.3 Å². The van der Waals surface area contributed by atoms with Crippen LogP contribution >= 0.6 is 11.3 Å². The average molecular weight is 352 g/mol. The first kappa shape index (κ1) is 17.7. The molecule has 3 aromatic rings. The number of benzene rings is 2. The first-order valence-electron chi connectivity index (χ1n) is 9.21. The highest BCUT2D eigenvalue weighted by atomic mass is 32.1. The number of anilines is 1. The summed E-state index contributed by atoms with van der Waals surface area (Å²) in [5.74, 6) is 0. The van der Waals surface area contributed by atoms with Gasteiger partial charge in [0.05, 0.1) is 0 Å². The van der Waals surface area contributed by atoms with Crippen molar-refractivity contribution in [2.24, 2.45) is 0 Å². The summed E-state index contributed by atoms with van der Waals surface area (Å²) in [4.78, 5) is 2.37. The average Bonchev–Trinajstić information content (AvgIpc) is 3.00. The molecule has 0 atom stereocenters. The summed E-state index contributed by atoms with van der Waals surface area (Å²) in [6.45, 7) is 9.79. The maximum atomic E-state index is 2.43. The van der Waals surface area contributed by atoms with Crippen LogP contribution in [-0.4, -0.2) is 13.1 Å². The van der Waals surface area contributed by atoms with Crippen molar-refractivity contribution < 1.29 is 4.57 Å². The molecule has 0 aliphatic heterocycles. The van der Waals surface area contributed by atoms with Gasteiger partial charge in [-0.15, -0.1) is 0 Å². The van der Waals surface area contributed by atoms with Crippen molar-refractivity contribution in [3.05, 3.63) is 59.1 Å². The fourth-order valence-electron chi connectivity index (χ4n) is 3.18. The van der Waals surface area contributed by atoms with E-state index >= 15 is 0 Å². The summed E-state index contributed by atoms with van der Waals surface area (Å²) in [7, 11) is 0. The normalized spacial score (nSPS) is 11.5. The van der Waals surface area contributed by atoms with E-state index in [-0.39, 0.29) is 0 Å².